The van der Waals surface area contributed by atoms with Gasteiger partial charge in [0.05, 0.1) is 23.6 Å². The van der Waals surface area contributed by atoms with Crippen LogP contribution in [0.15, 0.2) is 53.4 Å². The quantitative estimate of drug-likeness (QED) is 0.521. The van der Waals surface area contributed by atoms with E-state index in [4.69, 9.17) is 21.1 Å². The zero-order valence-corrected chi connectivity index (χ0v) is 19.7. The summed E-state index contributed by atoms with van der Waals surface area (Å²) in [6.07, 6.45) is 4.62. The maximum atomic E-state index is 12.5. The number of hydrogen-bond donors (Lipinski definition) is 1. The molecule has 1 saturated heterocycles. The van der Waals surface area contributed by atoms with E-state index in [1.165, 1.54) is 13.2 Å². The fourth-order valence-electron chi connectivity index (χ4n) is 3.06. The summed E-state index contributed by atoms with van der Waals surface area (Å²) in [7, 11) is 1.50. The van der Waals surface area contributed by atoms with Crippen LogP contribution in [0, 0.1) is 0 Å². The number of benzene rings is 2. The molecule has 1 aliphatic heterocycles. The van der Waals surface area contributed by atoms with Gasteiger partial charge in [-0.3, -0.25) is 19.3 Å². The number of rotatable bonds is 9. The monoisotopic (exact) mass is 486 g/mol. The van der Waals surface area contributed by atoms with Crippen molar-refractivity contribution < 1.29 is 23.9 Å². The second-order valence-corrected chi connectivity index (χ2v) is 8.24. The highest BCUT2D eigenvalue weighted by molar-refractivity contribution is 8.18. The Kier molecular flexibility index (Phi) is 8.57. The van der Waals surface area contributed by atoms with Gasteiger partial charge in [-0.2, -0.15) is 0 Å². The van der Waals surface area contributed by atoms with Crippen LogP contribution >= 0.6 is 23.4 Å². The molecule has 1 heterocycles. The maximum Gasteiger partial charge on any atom is 0.293 e. The van der Waals surface area contributed by atoms with Gasteiger partial charge in [0.15, 0.2) is 11.5 Å². The lowest BCUT2D eigenvalue weighted by Gasteiger charge is -2.12. The minimum absolute atomic E-state index is 0.0826. The smallest absolute Gasteiger partial charge is 0.293 e. The number of methoxy groups -OCH3 is 1. The molecule has 0 bridgehead atoms. The summed E-state index contributed by atoms with van der Waals surface area (Å²) >= 11 is 7.11. The van der Waals surface area contributed by atoms with Crippen LogP contribution in [-0.2, 0) is 9.59 Å². The van der Waals surface area contributed by atoms with Crippen molar-refractivity contribution in [2.75, 3.05) is 26.8 Å². The number of imide groups is 1. The largest absolute Gasteiger partial charge is 0.491 e. The van der Waals surface area contributed by atoms with E-state index in [-0.39, 0.29) is 30.1 Å². The normalized spacial score (nSPS) is 14.9. The fourth-order valence-corrected chi connectivity index (χ4v) is 4.22. The Morgan fingerprint density at radius 2 is 1.94 bits per heavy atom. The molecule has 7 nitrogen and oxygen atoms in total. The fraction of sp³-hybridized carbons (Fsp3) is 0.208. The first kappa shape index (κ1) is 24.4. The first-order valence-corrected chi connectivity index (χ1v) is 11.4. The molecule has 2 aromatic carbocycles. The van der Waals surface area contributed by atoms with E-state index in [1.54, 1.807) is 24.3 Å². The molecule has 0 aliphatic carbocycles. The van der Waals surface area contributed by atoms with Gasteiger partial charge >= 0.3 is 0 Å². The third-order valence-electron chi connectivity index (χ3n) is 4.57. The lowest BCUT2D eigenvalue weighted by atomic mass is 10.2. The Hall–Kier alpha value is -3.23. The van der Waals surface area contributed by atoms with Crippen LogP contribution < -0.4 is 14.8 Å². The Morgan fingerprint density at radius 3 is 2.64 bits per heavy atom. The molecule has 0 atom stereocenters. The third kappa shape index (κ3) is 6.40. The molecule has 0 saturated carbocycles. The van der Waals surface area contributed by atoms with E-state index in [2.05, 4.69) is 5.32 Å². The van der Waals surface area contributed by atoms with Crippen LogP contribution in [0.4, 0.5) is 4.79 Å². The third-order valence-corrected chi connectivity index (χ3v) is 5.76. The second-order valence-electron chi connectivity index (χ2n) is 6.84. The van der Waals surface area contributed by atoms with Gasteiger partial charge in [-0.15, -0.1) is 0 Å². The predicted molar refractivity (Wildman–Crippen MR) is 130 cm³/mol. The molecule has 2 aromatic rings. The Bertz CT molecular complexity index is 1100. The molecule has 1 fully saturated rings. The first-order chi connectivity index (χ1) is 15.9. The number of amides is 3. The number of nitrogens with one attached hydrogen (secondary N) is 1. The highest BCUT2D eigenvalue weighted by Crippen LogP contribution is 2.36. The summed E-state index contributed by atoms with van der Waals surface area (Å²) in [6, 6.07) is 12.7. The number of carbonyl (C=O) groups excluding carboxylic acids is 3. The molecule has 33 heavy (non-hydrogen) atoms. The van der Waals surface area contributed by atoms with Crippen LogP contribution in [0.1, 0.15) is 18.1 Å². The molecule has 3 amide bonds. The topological polar surface area (TPSA) is 84.9 Å². The number of carbonyl (C=O) groups is 3. The number of thioether (sulfide) groups is 1. The average molecular weight is 487 g/mol. The zero-order valence-electron chi connectivity index (χ0n) is 18.2. The molecule has 0 radical (unpaired) electrons. The Morgan fingerprint density at radius 1 is 1.18 bits per heavy atom. The van der Waals surface area contributed by atoms with Gasteiger partial charge in [-0.25, -0.2) is 0 Å². The molecule has 0 spiro atoms. The highest BCUT2D eigenvalue weighted by Gasteiger charge is 2.34. The predicted octanol–water partition coefficient (Wildman–Crippen LogP) is 4.61. The minimum Gasteiger partial charge on any atom is -0.491 e. The van der Waals surface area contributed by atoms with Gasteiger partial charge in [0, 0.05) is 19.2 Å². The SMILES string of the molecule is CCOc1cc(/C=C/C(=O)NCCN2C(=O)S/C(=C\c3ccccc3)C2=O)cc(Cl)c1OC. The number of halogens is 1. The highest BCUT2D eigenvalue weighted by atomic mass is 35.5. The van der Waals surface area contributed by atoms with Crippen molar-refractivity contribution in [2.45, 2.75) is 6.92 Å². The molecule has 1 aliphatic rings. The number of hydrogen-bond acceptors (Lipinski definition) is 6. The lowest BCUT2D eigenvalue weighted by Crippen LogP contribution is -2.36. The van der Waals surface area contributed by atoms with Gasteiger partial charge in [0.25, 0.3) is 11.1 Å². The molecule has 172 valence electrons. The Labute approximate surface area is 201 Å². The summed E-state index contributed by atoms with van der Waals surface area (Å²) < 4.78 is 10.8. The first-order valence-electron chi connectivity index (χ1n) is 10.2. The van der Waals surface area contributed by atoms with E-state index in [0.717, 1.165) is 22.2 Å². The lowest BCUT2D eigenvalue weighted by molar-refractivity contribution is -0.123. The van der Waals surface area contributed by atoms with E-state index >= 15 is 0 Å². The van der Waals surface area contributed by atoms with Crippen molar-refractivity contribution in [3.05, 3.63) is 69.6 Å². The van der Waals surface area contributed by atoms with E-state index in [0.29, 0.717) is 33.6 Å². The van der Waals surface area contributed by atoms with Crippen molar-refractivity contribution >= 4 is 52.6 Å². The van der Waals surface area contributed by atoms with Crippen molar-refractivity contribution in [3.63, 3.8) is 0 Å². The summed E-state index contributed by atoms with van der Waals surface area (Å²) in [5, 5.41) is 2.68. The summed E-state index contributed by atoms with van der Waals surface area (Å²) in [5.41, 5.74) is 1.50. The summed E-state index contributed by atoms with van der Waals surface area (Å²) in [5.74, 6) is 0.177. The van der Waals surface area contributed by atoms with Gasteiger partial charge in [-0.05, 0) is 54.1 Å². The van der Waals surface area contributed by atoms with E-state index in [9.17, 15) is 14.4 Å². The van der Waals surface area contributed by atoms with E-state index < -0.39 is 0 Å². The zero-order chi connectivity index (χ0) is 23.8. The summed E-state index contributed by atoms with van der Waals surface area (Å²) in [6.45, 7) is 2.50. The number of nitrogens with zero attached hydrogens (tertiary/aromatic N) is 1. The molecule has 9 heteroatoms. The van der Waals surface area contributed by atoms with Gasteiger partial charge in [-0.1, -0.05) is 41.9 Å². The van der Waals surface area contributed by atoms with Crippen molar-refractivity contribution in [3.8, 4) is 11.5 Å². The van der Waals surface area contributed by atoms with Gasteiger partial charge < -0.3 is 14.8 Å². The standard InChI is InChI=1S/C24H23ClN2O5S/c1-3-32-19-14-17(13-18(25)22(19)31-2)9-10-21(28)26-11-12-27-23(29)20(33-24(27)30)15-16-7-5-4-6-8-16/h4-10,13-15H,3,11-12H2,1-2H3,(H,26,28)/b10-9+,20-15-. The van der Waals surface area contributed by atoms with E-state index in [1.807, 2.05) is 37.3 Å². The molecule has 0 aromatic heterocycles. The molecule has 1 N–H and O–H groups in total. The Balaban J connectivity index is 1.55. The van der Waals surface area contributed by atoms with Crippen LogP contribution in [-0.4, -0.2) is 48.8 Å². The molecule has 0 unspecified atom stereocenters. The minimum atomic E-state index is -0.369. The maximum absolute atomic E-state index is 12.5. The molecular formula is C24H23ClN2O5S. The second kappa shape index (κ2) is 11.6. The van der Waals surface area contributed by atoms with Gasteiger partial charge in [0.2, 0.25) is 5.91 Å². The van der Waals surface area contributed by atoms with Gasteiger partial charge in [0.1, 0.15) is 0 Å². The van der Waals surface area contributed by atoms with Crippen molar-refractivity contribution in [1.29, 1.82) is 0 Å². The summed E-state index contributed by atoms with van der Waals surface area (Å²) in [4.78, 5) is 38.4. The van der Waals surface area contributed by atoms with Crippen molar-refractivity contribution in [1.82, 2.24) is 10.2 Å². The van der Waals surface area contributed by atoms with Crippen LogP contribution in [0.25, 0.3) is 12.2 Å². The van der Waals surface area contributed by atoms with Crippen LogP contribution in [0.3, 0.4) is 0 Å². The molecular weight excluding hydrogens is 464 g/mol. The van der Waals surface area contributed by atoms with Crippen LogP contribution in [0.5, 0.6) is 11.5 Å². The average Bonchev–Trinajstić information content (AvgIpc) is 3.06. The van der Waals surface area contributed by atoms with Crippen LogP contribution in [0.2, 0.25) is 5.02 Å². The molecule has 3 rings (SSSR count). The van der Waals surface area contributed by atoms with Crippen molar-refractivity contribution in [2.24, 2.45) is 0 Å². The number of ether oxygens (including phenoxy) is 2.